The molecule has 1 nitrogen and oxygen atoms in total. The molecule has 0 aliphatic heterocycles. The first-order valence-electron chi connectivity index (χ1n) is 4.74. The zero-order valence-corrected chi connectivity index (χ0v) is 8.23. The summed E-state index contributed by atoms with van der Waals surface area (Å²) in [6.45, 7) is 1.55. The predicted molar refractivity (Wildman–Crippen MR) is 49.3 cm³/mol. The minimum absolute atomic E-state index is 0.414. The molecular formula is C11H11F3O. The third kappa shape index (κ3) is 1.74. The van der Waals surface area contributed by atoms with E-state index in [1.54, 1.807) is 6.92 Å². The summed E-state index contributed by atoms with van der Waals surface area (Å²) in [7, 11) is 0. The molecule has 1 aliphatic rings. The van der Waals surface area contributed by atoms with Gasteiger partial charge in [-0.1, -0.05) is 6.07 Å². The number of aryl methyl sites for hydroxylation is 1. The zero-order valence-electron chi connectivity index (χ0n) is 8.23. The third-order valence-electron chi connectivity index (χ3n) is 2.90. The van der Waals surface area contributed by atoms with Gasteiger partial charge in [-0.25, -0.2) is 0 Å². The molecule has 1 N–H and O–H groups in total. The number of aliphatic hydroxyl groups is 1. The van der Waals surface area contributed by atoms with E-state index in [0.29, 0.717) is 18.4 Å². The topological polar surface area (TPSA) is 20.2 Å². The van der Waals surface area contributed by atoms with Crippen molar-refractivity contribution in [2.24, 2.45) is 0 Å². The molecule has 1 aliphatic carbocycles. The molecule has 0 aromatic heterocycles. The maximum Gasteiger partial charge on any atom is 0.416 e. The highest BCUT2D eigenvalue weighted by Gasteiger charge is 2.36. The summed E-state index contributed by atoms with van der Waals surface area (Å²) in [4.78, 5) is 0. The Balaban J connectivity index is 2.51. The Morgan fingerprint density at radius 2 is 2.00 bits per heavy atom. The molecule has 1 aromatic rings. The normalized spacial score (nSPS) is 25.4. The lowest BCUT2D eigenvalue weighted by Gasteiger charge is -2.18. The van der Waals surface area contributed by atoms with Crippen LogP contribution >= 0.6 is 0 Å². The van der Waals surface area contributed by atoms with Crippen LogP contribution in [0.5, 0.6) is 0 Å². The van der Waals surface area contributed by atoms with Crippen LogP contribution in [0.1, 0.15) is 30.0 Å². The highest BCUT2D eigenvalue weighted by Crippen LogP contribution is 2.39. The van der Waals surface area contributed by atoms with Gasteiger partial charge in [0.25, 0.3) is 0 Å². The fourth-order valence-electron chi connectivity index (χ4n) is 1.98. The van der Waals surface area contributed by atoms with Crippen LogP contribution in [0.15, 0.2) is 18.2 Å². The molecule has 1 aromatic carbocycles. The standard InChI is InChI=1S/C11H11F3O/c1-10(15)5-4-7-2-3-8(6-9(7)10)11(12,13)14/h2-3,6,15H,4-5H2,1H3. The SMILES string of the molecule is CC1(O)CCc2ccc(C(F)(F)F)cc21. The number of halogens is 3. The smallest absolute Gasteiger partial charge is 0.385 e. The zero-order chi connectivity index (χ0) is 11.3. The van der Waals surface area contributed by atoms with E-state index in [0.717, 1.165) is 17.7 Å². The van der Waals surface area contributed by atoms with E-state index in [1.807, 2.05) is 0 Å². The van der Waals surface area contributed by atoms with E-state index in [2.05, 4.69) is 0 Å². The first-order chi connectivity index (χ1) is 6.81. The summed E-state index contributed by atoms with van der Waals surface area (Å²) in [5, 5.41) is 9.87. The van der Waals surface area contributed by atoms with Gasteiger partial charge in [0, 0.05) is 0 Å². The molecule has 0 amide bonds. The average Bonchev–Trinajstić information content (AvgIpc) is 2.41. The Hall–Kier alpha value is -1.03. The Labute approximate surface area is 85.5 Å². The minimum atomic E-state index is -4.34. The van der Waals surface area contributed by atoms with Crippen LogP contribution in [0, 0.1) is 0 Å². The summed E-state index contributed by atoms with van der Waals surface area (Å²) < 4.78 is 37.3. The molecule has 0 bridgehead atoms. The summed E-state index contributed by atoms with van der Waals surface area (Å²) >= 11 is 0. The van der Waals surface area contributed by atoms with E-state index in [9.17, 15) is 18.3 Å². The van der Waals surface area contributed by atoms with Crippen LogP contribution in [-0.4, -0.2) is 5.11 Å². The summed E-state index contributed by atoms with van der Waals surface area (Å²) in [6, 6.07) is 3.59. The fourth-order valence-corrected chi connectivity index (χ4v) is 1.98. The lowest BCUT2D eigenvalue weighted by Crippen LogP contribution is -2.17. The first-order valence-corrected chi connectivity index (χ1v) is 4.74. The van der Waals surface area contributed by atoms with Crippen molar-refractivity contribution < 1.29 is 18.3 Å². The Morgan fingerprint density at radius 3 is 2.60 bits per heavy atom. The molecule has 4 heteroatoms. The highest BCUT2D eigenvalue weighted by molar-refractivity contribution is 5.40. The van der Waals surface area contributed by atoms with E-state index in [-0.39, 0.29) is 0 Å². The van der Waals surface area contributed by atoms with E-state index in [1.165, 1.54) is 6.07 Å². The summed E-state index contributed by atoms with van der Waals surface area (Å²) in [6.07, 6.45) is -3.21. The van der Waals surface area contributed by atoms with Crippen LogP contribution in [0.2, 0.25) is 0 Å². The molecule has 0 saturated carbocycles. The fraction of sp³-hybridized carbons (Fsp3) is 0.455. The maximum atomic E-state index is 12.4. The number of hydrogen-bond acceptors (Lipinski definition) is 1. The lowest BCUT2D eigenvalue weighted by molar-refractivity contribution is -0.137. The molecule has 0 saturated heterocycles. The molecule has 0 fully saturated rings. The molecule has 15 heavy (non-hydrogen) atoms. The second-order valence-corrected chi connectivity index (χ2v) is 4.14. The van der Waals surface area contributed by atoms with Crippen LogP contribution in [-0.2, 0) is 18.2 Å². The van der Waals surface area contributed by atoms with Gasteiger partial charge in [0.1, 0.15) is 0 Å². The Morgan fingerprint density at radius 1 is 1.33 bits per heavy atom. The Kier molecular flexibility index (Phi) is 2.08. The van der Waals surface area contributed by atoms with Crippen molar-refractivity contribution in [3.05, 3.63) is 34.9 Å². The van der Waals surface area contributed by atoms with Crippen LogP contribution in [0.25, 0.3) is 0 Å². The van der Waals surface area contributed by atoms with Crippen LogP contribution in [0.4, 0.5) is 13.2 Å². The van der Waals surface area contributed by atoms with Crippen molar-refractivity contribution in [2.45, 2.75) is 31.5 Å². The summed E-state index contributed by atoms with van der Waals surface area (Å²) in [5.41, 5.74) is -0.579. The van der Waals surface area contributed by atoms with Gasteiger partial charge in [0.15, 0.2) is 0 Å². The van der Waals surface area contributed by atoms with Crippen molar-refractivity contribution in [1.29, 1.82) is 0 Å². The summed E-state index contributed by atoms with van der Waals surface area (Å²) in [5.74, 6) is 0. The van der Waals surface area contributed by atoms with Gasteiger partial charge in [0.2, 0.25) is 0 Å². The van der Waals surface area contributed by atoms with Crippen molar-refractivity contribution in [1.82, 2.24) is 0 Å². The molecule has 82 valence electrons. The van der Waals surface area contributed by atoms with E-state index >= 15 is 0 Å². The molecule has 2 rings (SSSR count). The van der Waals surface area contributed by atoms with Crippen molar-refractivity contribution in [3.63, 3.8) is 0 Å². The third-order valence-corrected chi connectivity index (χ3v) is 2.90. The van der Waals surface area contributed by atoms with Gasteiger partial charge in [-0.15, -0.1) is 0 Å². The molecule has 0 radical (unpaired) electrons. The van der Waals surface area contributed by atoms with E-state index in [4.69, 9.17) is 0 Å². The van der Waals surface area contributed by atoms with Gasteiger partial charge < -0.3 is 5.11 Å². The molecule has 0 heterocycles. The van der Waals surface area contributed by atoms with Gasteiger partial charge in [-0.2, -0.15) is 13.2 Å². The second-order valence-electron chi connectivity index (χ2n) is 4.14. The number of alkyl halides is 3. The largest absolute Gasteiger partial charge is 0.416 e. The lowest BCUT2D eigenvalue weighted by atomic mass is 9.96. The highest BCUT2D eigenvalue weighted by atomic mass is 19.4. The van der Waals surface area contributed by atoms with Crippen molar-refractivity contribution >= 4 is 0 Å². The molecule has 1 unspecified atom stereocenters. The van der Waals surface area contributed by atoms with Gasteiger partial charge in [-0.05, 0) is 43.0 Å². The van der Waals surface area contributed by atoms with Crippen molar-refractivity contribution in [2.75, 3.05) is 0 Å². The average molecular weight is 216 g/mol. The van der Waals surface area contributed by atoms with Gasteiger partial charge >= 0.3 is 6.18 Å². The quantitative estimate of drug-likeness (QED) is 0.707. The maximum absolute atomic E-state index is 12.4. The number of fused-ring (bicyclic) bond motifs is 1. The van der Waals surface area contributed by atoms with Crippen molar-refractivity contribution in [3.8, 4) is 0 Å². The minimum Gasteiger partial charge on any atom is -0.385 e. The van der Waals surface area contributed by atoms with Crippen LogP contribution < -0.4 is 0 Å². The monoisotopic (exact) mass is 216 g/mol. The molecular weight excluding hydrogens is 205 g/mol. The van der Waals surface area contributed by atoms with Crippen LogP contribution in [0.3, 0.4) is 0 Å². The van der Waals surface area contributed by atoms with Gasteiger partial charge in [0.05, 0.1) is 11.2 Å². The molecule has 0 spiro atoms. The molecule has 1 atom stereocenters. The second kappa shape index (κ2) is 2.98. The number of hydrogen-bond donors (Lipinski definition) is 1. The number of rotatable bonds is 0. The number of benzene rings is 1. The van der Waals surface area contributed by atoms with E-state index < -0.39 is 17.3 Å². The van der Waals surface area contributed by atoms with Gasteiger partial charge in [-0.3, -0.25) is 0 Å². The predicted octanol–water partition coefficient (Wildman–Crippen LogP) is 2.86. The Bertz CT molecular complexity index is 393. The first kappa shape index (κ1) is 10.5.